The van der Waals surface area contributed by atoms with E-state index in [9.17, 15) is 34.8 Å². The Morgan fingerprint density at radius 2 is 1.94 bits per heavy atom. The minimum absolute atomic E-state index is 0.00208. The molecule has 0 saturated heterocycles. The molecule has 0 bridgehead atoms. The normalized spacial score (nSPS) is 23.4. The lowest BCUT2D eigenvalue weighted by molar-refractivity contribution is -0.141. The molecule has 0 spiro atoms. The van der Waals surface area contributed by atoms with Gasteiger partial charge in [-0.1, -0.05) is 17.7 Å². The summed E-state index contributed by atoms with van der Waals surface area (Å²) in [7, 11) is 1.45. The number of aldehydes is 1. The predicted molar refractivity (Wildman–Crippen MR) is 180 cm³/mol. The molecular formula is C38H43NO11. The Bertz CT molecular complexity index is 1910. The van der Waals surface area contributed by atoms with E-state index < -0.39 is 42.7 Å². The van der Waals surface area contributed by atoms with Crippen molar-refractivity contribution in [3.05, 3.63) is 67.9 Å². The molecule has 0 amide bonds. The van der Waals surface area contributed by atoms with E-state index in [1.165, 1.54) is 7.11 Å². The van der Waals surface area contributed by atoms with Gasteiger partial charge in [0.05, 0.1) is 61.1 Å². The van der Waals surface area contributed by atoms with E-state index in [0.717, 1.165) is 16.1 Å². The van der Waals surface area contributed by atoms with E-state index in [0.29, 0.717) is 54.4 Å². The van der Waals surface area contributed by atoms with E-state index in [1.54, 1.807) is 13.8 Å². The molecule has 2 aromatic rings. The number of aliphatic hydroxyl groups is 4. The fraction of sp³-hybridized carbons (Fsp3) is 0.474. The van der Waals surface area contributed by atoms with Crippen molar-refractivity contribution in [2.75, 3.05) is 33.5 Å². The minimum Gasteiger partial charge on any atom is -0.496 e. The third-order valence-electron chi connectivity index (χ3n) is 10.2. The third kappa shape index (κ3) is 6.14. The molecule has 0 unspecified atom stereocenters. The quantitative estimate of drug-likeness (QED) is 0.145. The van der Waals surface area contributed by atoms with Crippen molar-refractivity contribution in [1.29, 1.82) is 0 Å². The first-order valence-corrected chi connectivity index (χ1v) is 17.0. The first-order valence-electron chi connectivity index (χ1n) is 17.0. The number of carbonyl (C=O) groups is 3. The molecule has 3 heterocycles. The topological polar surface area (TPSA) is 181 Å². The molecule has 266 valence electrons. The Morgan fingerprint density at radius 3 is 2.62 bits per heavy atom. The Morgan fingerprint density at radius 1 is 1.14 bits per heavy atom. The summed E-state index contributed by atoms with van der Waals surface area (Å²) in [6, 6.07) is 5.65. The molecule has 0 aromatic heterocycles. The van der Waals surface area contributed by atoms with Gasteiger partial charge in [-0.2, -0.15) is 0 Å². The number of allylic oxidation sites excluding steroid dienone is 3. The van der Waals surface area contributed by atoms with Crippen molar-refractivity contribution in [3.8, 4) is 17.2 Å². The summed E-state index contributed by atoms with van der Waals surface area (Å²) in [4.78, 5) is 44.7. The number of esters is 1. The summed E-state index contributed by atoms with van der Waals surface area (Å²) < 4.78 is 23.9. The highest BCUT2D eigenvalue weighted by atomic mass is 16.6. The number of carbonyl (C=O) groups excluding carboxylic acids is 3. The smallest absolute Gasteiger partial charge is 0.375 e. The molecule has 4 N–H and O–H groups in total. The zero-order chi connectivity index (χ0) is 35.7. The van der Waals surface area contributed by atoms with Gasteiger partial charge in [0, 0.05) is 36.0 Å². The van der Waals surface area contributed by atoms with Crippen LogP contribution < -0.4 is 24.8 Å². The molecule has 6 rings (SSSR count). The Labute approximate surface area is 289 Å². The average molecular weight is 690 g/mol. The lowest BCUT2D eigenvalue weighted by atomic mass is 9.71. The number of aliphatic hydroxyl groups excluding tert-OH is 3. The van der Waals surface area contributed by atoms with Gasteiger partial charge in [0.1, 0.15) is 29.1 Å². The standard InChI is InChI=1S/C38H43NO11/c1-4-48-37(45)36-26(18-42)30(22-14-23(17-41)32(44)24(15-22)20-7-8-28-21(13-20)9-11-39-28)31-34(47-3)25-16-29(38(2,46)10-5-6-12-40)49-33(25)27(19-43)35(31)50-36/h7-9,13,18,23-24,29,40-41,43,46H,4-6,10-12,14-17,19H2,1-3H3/b30-22+/t23-,24-,29+,38+/m1/s1. The molecule has 3 aliphatic heterocycles. The molecule has 50 heavy (non-hydrogen) atoms. The largest absolute Gasteiger partial charge is 0.496 e. The monoisotopic (exact) mass is 689 g/mol. The zero-order valence-electron chi connectivity index (χ0n) is 28.5. The number of ketones is 1. The molecule has 1 saturated carbocycles. The minimum atomic E-state index is -1.32. The Hall–Kier alpha value is -4.36. The van der Waals surface area contributed by atoms with Crippen molar-refractivity contribution in [3.63, 3.8) is 0 Å². The predicted octanol–water partition coefficient (Wildman–Crippen LogP) is 1.74. The average Bonchev–Trinajstić information content (AvgIpc) is 3.78. The molecule has 1 aliphatic carbocycles. The summed E-state index contributed by atoms with van der Waals surface area (Å²) in [6.07, 6.45) is 3.59. The fourth-order valence-electron chi connectivity index (χ4n) is 7.63. The SMILES string of the molecule is CCOC(=O)C1=C(C=O)/C(=C2/C[C@H](CO)C(=O)[C@@H](c3ccc4c(c3)=CCN=4)C2)c2c(OC)c3c(c(CO)c2O1)O[C@H]([C@@](C)(O)CCCCO)C3. The summed E-state index contributed by atoms with van der Waals surface area (Å²) in [6.45, 7) is 2.79. The number of unbranched alkanes of at least 4 members (excludes halogenated alkanes) is 1. The van der Waals surface area contributed by atoms with E-state index in [2.05, 4.69) is 4.99 Å². The number of fused-ring (bicyclic) bond motifs is 3. The Kier molecular flexibility index (Phi) is 10.3. The van der Waals surface area contributed by atoms with Crippen molar-refractivity contribution >= 4 is 29.7 Å². The lowest BCUT2D eigenvalue weighted by Crippen LogP contribution is -2.42. The van der Waals surface area contributed by atoms with Gasteiger partial charge < -0.3 is 39.4 Å². The van der Waals surface area contributed by atoms with E-state index in [4.69, 9.17) is 18.9 Å². The van der Waals surface area contributed by atoms with Gasteiger partial charge in [-0.15, -0.1) is 0 Å². The second-order valence-electron chi connectivity index (χ2n) is 13.3. The van der Waals surface area contributed by atoms with Gasteiger partial charge in [0.2, 0.25) is 5.76 Å². The van der Waals surface area contributed by atoms with Gasteiger partial charge in [-0.25, -0.2) is 4.79 Å². The number of ether oxygens (including phenoxy) is 4. The summed E-state index contributed by atoms with van der Waals surface area (Å²) in [5.41, 5.74) is 1.26. The maximum Gasteiger partial charge on any atom is 0.375 e. The molecular weight excluding hydrogens is 646 g/mol. The highest BCUT2D eigenvalue weighted by Gasteiger charge is 2.46. The molecule has 1 fully saturated rings. The van der Waals surface area contributed by atoms with Crippen LogP contribution in [-0.2, 0) is 32.1 Å². The van der Waals surface area contributed by atoms with Gasteiger partial charge in [0.15, 0.2) is 6.29 Å². The lowest BCUT2D eigenvalue weighted by Gasteiger charge is -2.34. The highest BCUT2D eigenvalue weighted by Crippen LogP contribution is 2.56. The van der Waals surface area contributed by atoms with Crippen molar-refractivity contribution in [1.82, 2.24) is 0 Å². The van der Waals surface area contributed by atoms with Crippen LogP contribution in [0.5, 0.6) is 17.2 Å². The molecule has 4 atom stereocenters. The van der Waals surface area contributed by atoms with Gasteiger partial charge in [0.25, 0.3) is 0 Å². The van der Waals surface area contributed by atoms with Crippen molar-refractivity contribution in [2.24, 2.45) is 10.9 Å². The second-order valence-corrected chi connectivity index (χ2v) is 13.3. The number of hydrogen-bond donors (Lipinski definition) is 4. The number of Topliss-reactive ketones (excluding diaryl/α,β-unsaturated/α-hetero) is 1. The van der Waals surface area contributed by atoms with Crippen LogP contribution in [0.15, 0.2) is 40.1 Å². The van der Waals surface area contributed by atoms with Crippen molar-refractivity contribution in [2.45, 2.75) is 76.6 Å². The number of nitrogens with zero attached hydrogens (tertiary/aromatic N) is 1. The molecule has 12 heteroatoms. The first-order chi connectivity index (χ1) is 24.1. The van der Waals surface area contributed by atoms with Crippen LogP contribution in [0, 0.1) is 5.92 Å². The van der Waals surface area contributed by atoms with Gasteiger partial charge >= 0.3 is 5.97 Å². The van der Waals surface area contributed by atoms with Gasteiger partial charge in [-0.3, -0.25) is 14.6 Å². The van der Waals surface area contributed by atoms with Crippen LogP contribution in [-0.4, -0.2) is 83.6 Å². The van der Waals surface area contributed by atoms with Crippen LogP contribution in [0.25, 0.3) is 11.6 Å². The second kappa shape index (κ2) is 14.5. The van der Waals surface area contributed by atoms with Crippen LogP contribution in [0.3, 0.4) is 0 Å². The number of rotatable bonds is 12. The van der Waals surface area contributed by atoms with Crippen LogP contribution in [0.4, 0.5) is 0 Å². The third-order valence-corrected chi connectivity index (χ3v) is 10.2. The number of methoxy groups -OCH3 is 1. The van der Waals surface area contributed by atoms with Crippen LogP contribution in [0.2, 0.25) is 0 Å². The molecule has 12 nitrogen and oxygen atoms in total. The first kappa shape index (κ1) is 35.5. The summed E-state index contributed by atoms with van der Waals surface area (Å²) in [5.74, 6) is -2.36. The van der Waals surface area contributed by atoms with Gasteiger partial charge in [-0.05, 0) is 68.9 Å². The summed E-state index contributed by atoms with van der Waals surface area (Å²) in [5, 5.41) is 43.8. The maximum absolute atomic E-state index is 13.8. The van der Waals surface area contributed by atoms with Crippen LogP contribution >= 0.6 is 0 Å². The maximum atomic E-state index is 13.8. The summed E-state index contributed by atoms with van der Waals surface area (Å²) >= 11 is 0. The number of hydrogen-bond acceptors (Lipinski definition) is 12. The Balaban J connectivity index is 1.58. The molecule has 2 aromatic carbocycles. The fourth-order valence-corrected chi connectivity index (χ4v) is 7.63. The molecule has 0 radical (unpaired) electrons. The van der Waals surface area contributed by atoms with Crippen molar-refractivity contribution < 1.29 is 53.8 Å². The zero-order valence-corrected chi connectivity index (χ0v) is 28.5. The van der Waals surface area contributed by atoms with E-state index >= 15 is 0 Å². The highest BCUT2D eigenvalue weighted by molar-refractivity contribution is 6.11. The molecule has 4 aliphatic rings. The van der Waals surface area contributed by atoms with E-state index in [1.807, 2.05) is 24.3 Å². The van der Waals surface area contributed by atoms with Crippen LogP contribution in [0.1, 0.15) is 74.1 Å². The van der Waals surface area contributed by atoms with E-state index in [-0.39, 0.29) is 72.4 Å². The number of benzene rings is 2.